The van der Waals surface area contributed by atoms with Crippen molar-refractivity contribution in [2.24, 2.45) is 5.92 Å². The molecule has 1 unspecified atom stereocenters. The highest BCUT2D eigenvalue weighted by atomic mass is 16.5. The predicted octanol–water partition coefficient (Wildman–Crippen LogP) is 3.54. The molecule has 246 valence electrons. The highest BCUT2D eigenvalue weighted by Crippen LogP contribution is 2.43. The standard InChI is InChI=1S/C35H49N3O7/c1-40-16-3-12-37-15-19-43-30-11-4-25(20-29(30)37)23-44-31-21-36-22-32(45-24-33(39)38-13-17-42-18-14-38)34(31)26-5-7-27(8-6-26)35(41-2)28-9-10-28/h4-8,11,20,28,31-32,34-36H,3,9-10,12-19,21-24H2,1-2H3/t31-,32+,34+,35?/m0/s1. The van der Waals surface area contributed by atoms with Crippen LogP contribution in [-0.2, 0) is 35.1 Å². The van der Waals surface area contributed by atoms with E-state index in [-0.39, 0.29) is 36.7 Å². The number of methoxy groups -OCH3 is 2. The zero-order chi connectivity index (χ0) is 31.0. The van der Waals surface area contributed by atoms with E-state index >= 15 is 0 Å². The van der Waals surface area contributed by atoms with E-state index in [1.54, 1.807) is 14.2 Å². The number of hydrogen-bond acceptors (Lipinski definition) is 9. The Morgan fingerprint density at radius 3 is 2.49 bits per heavy atom. The first-order valence-corrected chi connectivity index (χ1v) is 16.6. The second-order valence-electron chi connectivity index (χ2n) is 12.5. The molecule has 45 heavy (non-hydrogen) atoms. The van der Waals surface area contributed by atoms with Crippen LogP contribution in [0.4, 0.5) is 5.69 Å². The van der Waals surface area contributed by atoms with Crippen molar-refractivity contribution in [1.29, 1.82) is 0 Å². The van der Waals surface area contributed by atoms with Gasteiger partial charge in [-0.1, -0.05) is 30.3 Å². The van der Waals surface area contributed by atoms with Gasteiger partial charge in [0.15, 0.2) is 0 Å². The van der Waals surface area contributed by atoms with Crippen LogP contribution in [0.5, 0.6) is 5.75 Å². The molecule has 4 atom stereocenters. The lowest BCUT2D eigenvalue weighted by molar-refractivity contribution is -0.144. The number of nitrogens with one attached hydrogen (secondary N) is 1. The summed E-state index contributed by atoms with van der Waals surface area (Å²) in [6, 6.07) is 15.1. The maximum absolute atomic E-state index is 13.0. The van der Waals surface area contributed by atoms with Gasteiger partial charge in [-0.3, -0.25) is 4.79 Å². The zero-order valence-corrected chi connectivity index (χ0v) is 26.8. The first-order chi connectivity index (χ1) is 22.1. The quantitative estimate of drug-likeness (QED) is 0.318. The molecule has 1 N–H and O–H groups in total. The lowest BCUT2D eigenvalue weighted by Crippen LogP contribution is -2.52. The van der Waals surface area contributed by atoms with E-state index in [0.717, 1.165) is 48.7 Å². The number of hydrogen-bond donors (Lipinski definition) is 1. The number of carbonyl (C=O) groups excluding carboxylic acids is 1. The van der Waals surface area contributed by atoms with Crippen LogP contribution in [0.3, 0.4) is 0 Å². The Labute approximate surface area is 267 Å². The number of carbonyl (C=O) groups is 1. The molecule has 3 fully saturated rings. The van der Waals surface area contributed by atoms with Gasteiger partial charge < -0.3 is 43.5 Å². The summed E-state index contributed by atoms with van der Waals surface area (Å²) in [5.74, 6) is 1.50. The maximum Gasteiger partial charge on any atom is 0.248 e. The summed E-state index contributed by atoms with van der Waals surface area (Å²) >= 11 is 0. The molecule has 1 aliphatic carbocycles. The van der Waals surface area contributed by atoms with Crippen molar-refractivity contribution in [2.45, 2.75) is 50.1 Å². The van der Waals surface area contributed by atoms with Gasteiger partial charge in [0.2, 0.25) is 5.91 Å². The van der Waals surface area contributed by atoms with E-state index in [4.69, 9.17) is 28.4 Å². The minimum absolute atomic E-state index is 0.00846. The Bertz CT molecular complexity index is 1230. The van der Waals surface area contributed by atoms with Crippen molar-refractivity contribution in [3.63, 3.8) is 0 Å². The van der Waals surface area contributed by atoms with E-state index in [9.17, 15) is 4.79 Å². The Balaban J connectivity index is 1.17. The molecule has 1 saturated carbocycles. The summed E-state index contributed by atoms with van der Waals surface area (Å²) in [6.45, 7) is 7.43. The lowest BCUT2D eigenvalue weighted by Gasteiger charge is -2.39. The molecule has 10 heteroatoms. The van der Waals surface area contributed by atoms with Gasteiger partial charge in [0.25, 0.3) is 0 Å². The average Bonchev–Trinajstić information content (AvgIpc) is 3.93. The number of rotatable bonds is 14. The number of amides is 1. The predicted molar refractivity (Wildman–Crippen MR) is 171 cm³/mol. The SMILES string of the molecule is COCCCN1CCOc2ccc(CO[C@H]3CNC[C@@H](OCC(=O)N4CCOCC4)[C@@H]3c3ccc(C(OC)C4CC4)cc3)cc21. The molecule has 2 aromatic rings. The number of morpholine rings is 1. The number of fused-ring (bicyclic) bond motifs is 1. The summed E-state index contributed by atoms with van der Waals surface area (Å²) in [7, 11) is 3.54. The maximum atomic E-state index is 13.0. The third kappa shape index (κ3) is 8.17. The molecular formula is C35H49N3O7. The molecule has 10 nitrogen and oxygen atoms in total. The molecule has 3 aliphatic heterocycles. The number of benzene rings is 2. The van der Waals surface area contributed by atoms with Crippen molar-refractivity contribution in [2.75, 3.05) is 91.4 Å². The average molecular weight is 624 g/mol. The van der Waals surface area contributed by atoms with Crippen LogP contribution in [0.2, 0.25) is 0 Å². The van der Waals surface area contributed by atoms with Crippen LogP contribution >= 0.6 is 0 Å². The first kappa shape index (κ1) is 32.2. The van der Waals surface area contributed by atoms with Crippen LogP contribution in [0.25, 0.3) is 0 Å². The second-order valence-corrected chi connectivity index (χ2v) is 12.5. The van der Waals surface area contributed by atoms with Crippen LogP contribution in [-0.4, -0.2) is 110 Å². The number of anilines is 1. The summed E-state index contributed by atoms with van der Waals surface area (Å²) in [6.07, 6.45) is 3.19. The van der Waals surface area contributed by atoms with Gasteiger partial charge in [-0.05, 0) is 54.0 Å². The van der Waals surface area contributed by atoms with Gasteiger partial charge >= 0.3 is 0 Å². The normalized spacial score (nSPS) is 24.2. The number of ether oxygens (including phenoxy) is 6. The van der Waals surface area contributed by atoms with Gasteiger partial charge in [0.05, 0.1) is 50.4 Å². The van der Waals surface area contributed by atoms with Gasteiger partial charge in [0, 0.05) is 59.5 Å². The van der Waals surface area contributed by atoms with E-state index in [1.165, 1.54) is 18.4 Å². The molecule has 0 bridgehead atoms. The monoisotopic (exact) mass is 623 g/mol. The molecule has 0 aromatic heterocycles. The molecule has 4 aliphatic rings. The van der Waals surface area contributed by atoms with E-state index in [2.05, 4.69) is 52.7 Å². The molecule has 1 amide bonds. The largest absolute Gasteiger partial charge is 0.490 e. The molecular weight excluding hydrogens is 574 g/mol. The van der Waals surface area contributed by atoms with Crippen LogP contribution in [0.1, 0.15) is 48.0 Å². The Morgan fingerprint density at radius 1 is 0.978 bits per heavy atom. The second kappa shape index (κ2) is 15.7. The van der Waals surface area contributed by atoms with Crippen molar-refractivity contribution in [1.82, 2.24) is 10.2 Å². The molecule has 2 aromatic carbocycles. The molecule has 0 radical (unpaired) electrons. The minimum Gasteiger partial charge on any atom is -0.490 e. The smallest absolute Gasteiger partial charge is 0.248 e. The summed E-state index contributed by atoms with van der Waals surface area (Å²) in [5, 5.41) is 3.52. The van der Waals surface area contributed by atoms with E-state index < -0.39 is 0 Å². The Morgan fingerprint density at radius 2 is 1.76 bits per heavy atom. The van der Waals surface area contributed by atoms with Crippen molar-refractivity contribution >= 4 is 11.6 Å². The highest BCUT2D eigenvalue weighted by molar-refractivity contribution is 5.77. The lowest BCUT2D eigenvalue weighted by atomic mass is 9.84. The van der Waals surface area contributed by atoms with Gasteiger partial charge in [-0.2, -0.15) is 0 Å². The van der Waals surface area contributed by atoms with Gasteiger partial charge in [-0.25, -0.2) is 0 Å². The van der Waals surface area contributed by atoms with Gasteiger partial charge in [0.1, 0.15) is 19.0 Å². The fraction of sp³-hybridized carbons (Fsp3) is 0.629. The molecule has 0 spiro atoms. The summed E-state index contributed by atoms with van der Waals surface area (Å²) in [5.41, 5.74) is 4.57. The van der Waals surface area contributed by atoms with Crippen molar-refractivity contribution in [3.8, 4) is 5.75 Å². The topological polar surface area (TPSA) is 91.0 Å². The number of nitrogens with zero attached hydrogens (tertiary/aromatic N) is 2. The molecule has 3 heterocycles. The van der Waals surface area contributed by atoms with Crippen LogP contribution < -0.4 is 15.0 Å². The fourth-order valence-electron chi connectivity index (χ4n) is 6.85. The Hall–Kier alpha value is -2.73. The fourth-order valence-corrected chi connectivity index (χ4v) is 6.85. The third-order valence-corrected chi connectivity index (χ3v) is 9.45. The van der Waals surface area contributed by atoms with Crippen molar-refractivity contribution < 1.29 is 33.2 Å². The van der Waals surface area contributed by atoms with E-state index in [0.29, 0.717) is 58.5 Å². The third-order valence-electron chi connectivity index (χ3n) is 9.45. The highest BCUT2D eigenvalue weighted by Gasteiger charge is 2.38. The van der Waals surface area contributed by atoms with Crippen LogP contribution in [0, 0.1) is 5.92 Å². The van der Waals surface area contributed by atoms with E-state index in [1.807, 2.05) is 4.90 Å². The zero-order valence-electron chi connectivity index (χ0n) is 26.8. The minimum atomic E-state index is -0.213. The number of piperidine rings is 1. The molecule has 6 rings (SSSR count). The van der Waals surface area contributed by atoms with Crippen LogP contribution in [0.15, 0.2) is 42.5 Å². The van der Waals surface area contributed by atoms with Gasteiger partial charge in [-0.15, -0.1) is 0 Å². The summed E-state index contributed by atoms with van der Waals surface area (Å²) in [4.78, 5) is 17.2. The Kier molecular flexibility index (Phi) is 11.2. The summed E-state index contributed by atoms with van der Waals surface area (Å²) < 4.78 is 35.6. The molecule has 2 saturated heterocycles. The first-order valence-electron chi connectivity index (χ1n) is 16.6. The van der Waals surface area contributed by atoms with Crippen molar-refractivity contribution in [3.05, 3.63) is 59.2 Å².